The van der Waals surface area contributed by atoms with Crippen molar-refractivity contribution in [1.82, 2.24) is 0 Å². The number of fused-ring (bicyclic) bond motifs is 2. The molecule has 5 aliphatic rings. The normalized spacial score (nSPS) is 20.8. The van der Waals surface area contributed by atoms with Crippen LogP contribution in [0, 0.1) is 6.92 Å². The Balaban J connectivity index is 0.000000160. The third-order valence-electron chi connectivity index (χ3n) is 8.85. The molecule has 0 saturated carbocycles. The van der Waals surface area contributed by atoms with Crippen molar-refractivity contribution in [3.05, 3.63) is 103 Å². The molecule has 0 radical (unpaired) electrons. The van der Waals surface area contributed by atoms with E-state index in [1.807, 2.05) is 72.8 Å². The van der Waals surface area contributed by atoms with E-state index in [1.54, 1.807) is 0 Å². The summed E-state index contributed by atoms with van der Waals surface area (Å²) in [5, 5.41) is 4.29. The minimum Gasteiger partial charge on any atom is -0.491 e. The van der Waals surface area contributed by atoms with E-state index in [9.17, 15) is 0 Å². The Bertz CT molecular complexity index is 1720. The first-order chi connectivity index (χ1) is 28.5. The van der Waals surface area contributed by atoms with Gasteiger partial charge in [-0.15, -0.1) is 0 Å². The van der Waals surface area contributed by atoms with Crippen molar-refractivity contribution in [3.63, 3.8) is 0 Å². The molecule has 10 heteroatoms. The first-order valence-corrected chi connectivity index (χ1v) is 20.8. The zero-order valence-electron chi connectivity index (χ0n) is 34.7. The molecule has 0 amide bonds. The molecule has 0 bridgehead atoms. The second-order valence-corrected chi connectivity index (χ2v) is 14.8. The summed E-state index contributed by atoms with van der Waals surface area (Å²) in [6, 6.07) is 32.2. The Hall–Kier alpha value is -4.58. The summed E-state index contributed by atoms with van der Waals surface area (Å²) in [6.45, 7) is 17.8. The molecule has 0 N–H and O–H groups in total. The van der Waals surface area contributed by atoms with Crippen LogP contribution >= 0.6 is 0 Å². The number of rotatable bonds is 15. The molecule has 10 nitrogen and oxygen atoms in total. The highest BCUT2D eigenvalue weighted by molar-refractivity contribution is 5.93. The van der Waals surface area contributed by atoms with Crippen LogP contribution in [0.5, 0.6) is 28.7 Å². The zero-order valence-corrected chi connectivity index (χ0v) is 34.7. The predicted molar refractivity (Wildman–Crippen MR) is 234 cm³/mol. The molecule has 5 saturated heterocycles. The summed E-state index contributed by atoms with van der Waals surface area (Å²) in [5.74, 6) is 4.45. The van der Waals surface area contributed by atoms with E-state index in [4.69, 9.17) is 47.4 Å². The van der Waals surface area contributed by atoms with Gasteiger partial charge in [0, 0.05) is 21.5 Å². The topological polar surface area (TPSA) is 109 Å². The summed E-state index contributed by atoms with van der Waals surface area (Å²) in [5.41, 5.74) is 1.25. The lowest BCUT2D eigenvalue weighted by Crippen LogP contribution is -2.05. The molecule has 5 aromatic rings. The fourth-order valence-corrected chi connectivity index (χ4v) is 5.38. The summed E-state index contributed by atoms with van der Waals surface area (Å²) in [7, 11) is 0. The standard InChI is InChI=1S/2C16H16O4.C10H12O2.2C3H8.CH4/c2*1-3-13-14(15(5-1)19-9-11-7-17-11)4-2-6-16(13)20-10-12-8-18-12;1-8-2-4-9(5-3-8)11-6-10-7-12-10;2*1-3-2;/h2*1-6,11-12H,7-10H2;2-5,10H,6-7H2,1H3;2*3H2,1-2H3;1H4. The maximum atomic E-state index is 5.83. The zero-order chi connectivity index (χ0) is 40.5. The van der Waals surface area contributed by atoms with Gasteiger partial charge in [0.1, 0.15) is 92.3 Å². The van der Waals surface area contributed by atoms with Crippen LogP contribution in [-0.4, -0.2) is 96.6 Å². The van der Waals surface area contributed by atoms with Gasteiger partial charge in [0.05, 0.1) is 33.0 Å². The van der Waals surface area contributed by atoms with Gasteiger partial charge in [-0.05, 0) is 43.3 Å². The van der Waals surface area contributed by atoms with E-state index in [2.05, 4.69) is 58.9 Å². The average Bonchev–Trinajstić information content (AvgIpc) is 4.04. The molecule has 59 heavy (non-hydrogen) atoms. The third kappa shape index (κ3) is 16.2. The van der Waals surface area contributed by atoms with Crippen molar-refractivity contribution in [1.29, 1.82) is 0 Å². The molecule has 10 rings (SSSR count). The van der Waals surface area contributed by atoms with Crippen LogP contribution in [0.3, 0.4) is 0 Å². The van der Waals surface area contributed by atoms with Gasteiger partial charge in [0.2, 0.25) is 0 Å². The Labute approximate surface area is 350 Å². The number of aryl methyl sites for hydroxylation is 1. The number of ether oxygens (including phenoxy) is 10. The quantitative estimate of drug-likeness (QED) is 0.0948. The minimum atomic E-state index is 0. The fraction of sp³-hybridized carbons (Fsp3) is 0.469. The summed E-state index contributed by atoms with van der Waals surface area (Å²) in [6.07, 6.45) is 3.88. The second kappa shape index (κ2) is 23.9. The molecule has 5 aromatic carbocycles. The van der Waals surface area contributed by atoms with Gasteiger partial charge in [-0.3, -0.25) is 0 Å². The van der Waals surface area contributed by atoms with Gasteiger partial charge < -0.3 is 47.4 Å². The Morgan fingerprint density at radius 3 is 0.864 bits per heavy atom. The van der Waals surface area contributed by atoms with Crippen LogP contribution in [0.4, 0.5) is 0 Å². The van der Waals surface area contributed by atoms with Crippen molar-refractivity contribution >= 4 is 21.5 Å². The Morgan fingerprint density at radius 2 is 0.627 bits per heavy atom. The van der Waals surface area contributed by atoms with Crippen LogP contribution in [-0.2, 0) is 23.7 Å². The van der Waals surface area contributed by atoms with Crippen molar-refractivity contribution < 1.29 is 47.4 Å². The number of hydrogen-bond acceptors (Lipinski definition) is 10. The van der Waals surface area contributed by atoms with Gasteiger partial charge in [-0.2, -0.15) is 0 Å². The van der Waals surface area contributed by atoms with Crippen LogP contribution in [0.25, 0.3) is 21.5 Å². The van der Waals surface area contributed by atoms with Crippen molar-refractivity contribution in [3.8, 4) is 28.7 Å². The molecule has 5 fully saturated rings. The van der Waals surface area contributed by atoms with Crippen LogP contribution < -0.4 is 23.7 Å². The summed E-state index contributed by atoms with van der Waals surface area (Å²) in [4.78, 5) is 0. The molecule has 5 heterocycles. The smallest absolute Gasteiger partial charge is 0.127 e. The van der Waals surface area contributed by atoms with Gasteiger partial charge >= 0.3 is 0 Å². The maximum absolute atomic E-state index is 5.83. The van der Waals surface area contributed by atoms with Crippen LogP contribution in [0.15, 0.2) is 97.1 Å². The third-order valence-corrected chi connectivity index (χ3v) is 8.85. The van der Waals surface area contributed by atoms with E-state index < -0.39 is 0 Å². The first kappa shape index (κ1) is 45.5. The monoisotopic (exact) mass is 812 g/mol. The molecule has 0 aromatic heterocycles. The Kier molecular flexibility index (Phi) is 18.4. The molecule has 5 unspecified atom stereocenters. The molecule has 5 atom stereocenters. The van der Waals surface area contributed by atoms with E-state index in [0.717, 1.165) is 83.3 Å². The molecule has 0 spiro atoms. The molecule has 5 aliphatic heterocycles. The summed E-state index contributed by atoms with van der Waals surface area (Å²) < 4.78 is 54.5. The fourth-order valence-electron chi connectivity index (χ4n) is 5.38. The highest BCUT2D eigenvalue weighted by atomic mass is 16.6. The van der Waals surface area contributed by atoms with Crippen LogP contribution in [0.1, 0.15) is 53.5 Å². The minimum absolute atomic E-state index is 0. The average molecular weight is 813 g/mol. The maximum Gasteiger partial charge on any atom is 0.127 e. The van der Waals surface area contributed by atoms with Gasteiger partial charge in [-0.25, -0.2) is 0 Å². The van der Waals surface area contributed by atoms with E-state index >= 15 is 0 Å². The highest BCUT2D eigenvalue weighted by Crippen LogP contribution is 2.34. The van der Waals surface area contributed by atoms with Crippen molar-refractivity contribution in [2.45, 2.75) is 85.4 Å². The van der Waals surface area contributed by atoms with E-state index in [-0.39, 0.29) is 31.8 Å². The summed E-state index contributed by atoms with van der Waals surface area (Å²) >= 11 is 0. The van der Waals surface area contributed by atoms with E-state index in [0.29, 0.717) is 39.1 Å². The number of benzene rings is 5. The number of hydrogen-bond donors (Lipinski definition) is 0. The Morgan fingerprint density at radius 1 is 0.390 bits per heavy atom. The molecular formula is C49H64O10. The van der Waals surface area contributed by atoms with Gasteiger partial charge in [-0.1, -0.05) is 114 Å². The lowest BCUT2D eigenvalue weighted by molar-refractivity contribution is 0.263. The highest BCUT2D eigenvalue weighted by Gasteiger charge is 2.26. The second-order valence-electron chi connectivity index (χ2n) is 14.8. The molecular weight excluding hydrogens is 749 g/mol. The SMILES string of the molecule is C.CCC.CCC.Cc1ccc(OCC2CO2)cc1.c1cc(OCC2CO2)c2cccc(OCC3CO3)c2c1.c1cc(OCC2CO2)c2cccc(OCC3CO3)c2c1. The predicted octanol–water partition coefficient (Wildman–Crippen LogP) is 10.0. The number of epoxide rings is 5. The molecule has 0 aliphatic carbocycles. The van der Waals surface area contributed by atoms with Crippen molar-refractivity contribution in [2.24, 2.45) is 0 Å². The van der Waals surface area contributed by atoms with Crippen LogP contribution in [0.2, 0.25) is 0 Å². The molecule has 320 valence electrons. The first-order valence-electron chi connectivity index (χ1n) is 20.8. The van der Waals surface area contributed by atoms with Crippen molar-refractivity contribution in [2.75, 3.05) is 66.1 Å². The van der Waals surface area contributed by atoms with Gasteiger partial charge in [0.15, 0.2) is 0 Å². The lowest BCUT2D eigenvalue weighted by Gasteiger charge is -2.11. The largest absolute Gasteiger partial charge is 0.491 e. The lowest BCUT2D eigenvalue weighted by atomic mass is 10.1. The van der Waals surface area contributed by atoms with Gasteiger partial charge in [0.25, 0.3) is 0 Å². The van der Waals surface area contributed by atoms with E-state index in [1.165, 1.54) is 18.4 Å².